The minimum Gasteiger partial charge on any atom is -0.464 e. The highest BCUT2D eigenvalue weighted by atomic mass is 16.5. The van der Waals surface area contributed by atoms with E-state index in [-0.39, 0.29) is 0 Å². The fraction of sp³-hybridized carbons (Fsp3) is 0. The first-order chi connectivity index (χ1) is 8.34. The van der Waals surface area contributed by atoms with Gasteiger partial charge in [-0.25, -0.2) is 4.79 Å². The van der Waals surface area contributed by atoms with Gasteiger partial charge in [-0.2, -0.15) is 0 Å². The summed E-state index contributed by atoms with van der Waals surface area (Å²) in [5.41, 5.74) is 0.627. The summed E-state index contributed by atoms with van der Waals surface area (Å²) in [5.74, 6) is 1.22. The molecule has 4 heteroatoms. The smallest absolute Gasteiger partial charge is 0.336 e. The molecule has 1 aliphatic rings. The average Bonchev–Trinajstić information content (AvgIpc) is 3.02. The largest absolute Gasteiger partial charge is 0.464 e. The van der Waals surface area contributed by atoms with Crippen molar-refractivity contribution in [1.82, 2.24) is 0 Å². The number of furan rings is 2. The number of esters is 1. The SMILES string of the molecule is O=C1C=CC(=C(c2ccco2)c2ccco2)O1. The van der Waals surface area contributed by atoms with Gasteiger partial charge in [-0.05, 0) is 30.3 Å². The van der Waals surface area contributed by atoms with Crippen molar-refractivity contribution in [2.24, 2.45) is 0 Å². The van der Waals surface area contributed by atoms with Crippen molar-refractivity contribution in [2.45, 2.75) is 0 Å². The van der Waals surface area contributed by atoms with Gasteiger partial charge in [0.05, 0.1) is 12.5 Å². The first-order valence-electron chi connectivity index (χ1n) is 5.06. The van der Waals surface area contributed by atoms with Gasteiger partial charge in [0.15, 0.2) is 0 Å². The Bertz CT molecular complexity index is 549. The Morgan fingerprint density at radius 3 is 2.00 bits per heavy atom. The molecule has 84 valence electrons. The molecule has 0 unspecified atom stereocenters. The van der Waals surface area contributed by atoms with E-state index >= 15 is 0 Å². The van der Waals surface area contributed by atoms with E-state index in [1.807, 2.05) is 0 Å². The second-order valence-corrected chi connectivity index (χ2v) is 3.45. The Morgan fingerprint density at radius 2 is 1.59 bits per heavy atom. The molecule has 0 atom stereocenters. The highest BCUT2D eigenvalue weighted by Crippen LogP contribution is 2.30. The average molecular weight is 228 g/mol. The van der Waals surface area contributed by atoms with Gasteiger partial charge in [0.1, 0.15) is 22.9 Å². The number of allylic oxidation sites excluding steroid dienone is 1. The molecule has 0 aliphatic carbocycles. The van der Waals surface area contributed by atoms with Crippen LogP contribution in [0.1, 0.15) is 11.5 Å². The van der Waals surface area contributed by atoms with Gasteiger partial charge in [-0.3, -0.25) is 0 Å². The first-order valence-corrected chi connectivity index (χ1v) is 5.06. The zero-order valence-electron chi connectivity index (χ0n) is 8.75. The number of hydrogen-bond donors (Lipinski definition) is 0. The Labute approximate surface area is 96.8 Å². The molecule has 4 nitrogen and oxygen atoms in total. The fourth-order valence-corrected chi connectivity index (χ4v) is 1.66. The van der Waals surface area contributed by atoms with E-state index < -0.39 is 5.97 Å². The molecule has 0 aromatic carbocycles. The van der Waals surface area contributed by atoms with Gasteiger partial charge < -0.3 is 13.6 Å². The van der Waals surface area contributed by atoms with Crippen LogP contribution in [-0.4, -0.2) is 5.97 Å². The minimum absolute atomic E-state index is 0.393. The van der Waals surface area contributed by atoms with Crippen molar-refractivity contribution in [3.05, 3.63) is 66.2 Å². The molecule has 1 aliphatic heterocycles. The van der Waals surface area contributed by atoms with E-state index in [4.69, 9.17) is 13.6 Å². The Kier molecular flexibility index (Phi) is 2.19. The Balaban J connectivity index is 2.16. The highest BCUT2D eigenvalue weighted by molar-refractivity contribution is 5.91. The third-order valence-electron chi connectivity index (χ3n) is 2.36. The zero-order valence-corrected chi connectivity index (χ0v) is 8.75. The molecule has 3 heterocycles. The second kappa shape index (κ2) is 3.83. The monoisotopic (exact) mass is 228 g/mol. The van der Waals surface area contributed by atoms with Crippen molar-refractivity contribution < 1.29 is 18.4 Å². The summed E-state index contributed by atoms with van der Waals surface area (Å²) in [5, 5.41) is 0. The van der Waals surface area contributed by atoms with Gasteiger partial charge in [-0.1, -0.05) is 0 Å². The minimum atomic E-state index is -0.393. The quantitative estimate of drug-likeness (QED) is 0.741. The lowest BCUT2D eigenvalue weighted by molar-refractivity contribution is -0.132. The molecule has 2 aromatic heterocycles. The van der Waals surface area contributed by atoms with Crippen LogP contribution in [-0.2, 0) is 9.53 Å². The van der Waals surface area contributed by atoms with E-state index in [1.54, 1.807) is 42.9 Å². The number of rotatable bonds is 2. The molecular weight excluding hydrogens is 220 g/mol. The summed E-state index contributed by atoms with van der Waals surface area (Å²) >= 11 is 0. The summed E-state index contributed by atoms with van der Waals surface area (Å²) in [6.07, 6.45) is 6.07. The van der Waals surface area contributed by atoms with Gasteiger partial charge in [-0.15, -0.1) is 0 Å². The number of carbonyl (C=O) groups is 1. The van der Waals surface area contributed by atoms with Crippen LogP contribution in [0.15, 0.2) is 63.5 Å². The van der Waals surface area contributed by atoms with Crippen molar-refractivity contribution >= 4 is 11.5 Å². The van der Waals surface area contributed by atoms with E-state index in [9.17, 15) is 4.79 Å². The van der Waals surface area contributed by atoms with Crippen molar-refractivity contribution in [2.75, 3.05) is 0 Å². The van der Waals surface area contributed by atoms with Gasteiger partial charge in [0, 0.05) is 6.08 Å². The molecule has 17 heavy (non-hydrogen) atoms. The predicted octanol–water partition coefficient (Wildman–Crippen LogP) is 2.75. The van der Waals surface area contributed by atoms with Crippen molar-refractivity contribution in [1.29, 1.82) is 0 Å². The molecule has 0 amide bonds. The third kappa shape index (κ3) is 1.69. The molecule has 0 N–H and O–H groups in total. The molecule has 0 saturated heterocycles. The molecule has 0 bridgehead atoms. The standard InChI is InChI=1S/C13H8O4/c14-12-6-5-11(17-12)13(9-3-1-7-15-9)10-4-2-8-16-10/h1-8H. The zero-order chi connectivity index (χ0) is 11.7. The van der Waals surface area contributed by atoms with Crippen molar-refractivity contribution in [3.8, 4) is 0 Å². The van der Waals surface area contributed by atoms with Crippen LogP contribution in [0, 0.1) is 0 Å². The Hall–Kier alpha value is -2.49. The van der Waals surface area contributed by atoms with E-state index in [2.05, 4.69) is 0 Å². The lowest BCUT2D eigenvalue weighted by Gasteiger charge is -2.04. The molecule has 3 rings (SSSR count). The van der Waals surface area contributed by atoms with E-state index in [1.165, 1.54) is 6.08 Å². The summed E-state index contributed by atoms with van der Waals surface area (Å²) in [7, 11) is 0. The fourth-order valence-electron chi connectivity index (χ4n) is 1.66. The number of cyclic esters (lactones) is 1. The number of ether oxygens (including phenoxy) is 1. The normalized spacial score (nSPS) is 14.1. The lowest BCUT2D eigenvalue weighted by atomic mass is 10.1. The summed E-state index contributed by atoms with van der Waals surface area (Å²) in [4.78, 5) is 11.1. The van der Waals surface area contributed by atoms with Crippen LogP contribution in [0.4, 0.5) is 0 Å². The highest BCUT2D eigenvalue weighted by Gasteiger charge is 2.21. The first kappa shape index (κ1) is 9.72. The third-order valence-corrected chi connectivity index (χ3v) is 2.36. The van der Waals surface area contributed by atoms with Crippen LogP contribution in [0.25, 0.3) is 5.57 Å². The molecule has 0 radical (unpaired) electrons. The lowest BCUT2D eigenvalue weighted by Crippen LogP contribution is -1.95. The maximum atomic E-state index is 11.1. The number of carbonyl (C=O) groups excluding carboxylic acids is 1. The predicted molar refractivity (Wildman–Crippen MR) is 58.7 cm³/mol. The molecule has 0 saturated carbocycles. The van der Waals surface area contributed by atoms with Crippen LogP contribution < -0.4 is 0 Å². The van der Waals surface area contributed by atoms with Crippen LogP contribution >= 0.6 is 0 Å². The van der Waals surface area contributed by atoms with Crippen LogP contribution in [0.5, 0.6) is 0 Å². The molecule has 0 fully saturated rings. The molecule has 2 aromatic rings. The summed E-state index contributed by atoms with van der Waals surface area (Å²) in [6.45, 7) is 0. The Morgan fingerprint density at radius 1 is 0.941 bits per heavy atom. The van der Waals surface area contributed by atoms with E-state index in [0.29, 0.717) is 22.9 Å². The van der Waals surface area contributed by atoms with E-state index in [0.717, 1.165) is 0 Å². The molecular formula is C13H8O4. The number of hydrogen-bond acceptors (Lipinski definition) is 4. The molecule has 0 spiro atoms. The summed E-state index contributed by atoms with van der Waals surface area (Å²) < 4.78 is 15.7. The maximum absolute atomic E-state index is 11.1. The van der Waals surface area contributed by atoms with Crippen LogP contribution in [0.3, 0.4) is 0 Å². The van der Waals surface area contributed by atoms with Gasteiger partial charge in [0.25, 0.3) is 0 Å². The van der Waals surface area contributed by atoms with Crippen molar-refractivity contribution in [3.63, 3.8) is 0 Å². The van der Waals surface area contributed by atoms with Gasteiger partial charge >= 0.3 is 5.97 Å². The maximum Gasteiger partial charge on any atom is 0.336 e. The second-order valence-electron chi connectivity index (χ2n) is 3.45. The summed E-state index contributed by atoms with van der Waals surface area (Å²) in [6, 6.07) is 7.09. The van der Waals surface area contributed by atoms with Gasteiger partial charge in [0.2, 0.25) is 0 Å². The topological polar surface area (TPSA) is 52.6 Å². The van der Waals surface area contributed by atoms with Crippen LogP contribution in [0.2, 0.25) is 0 Å².